The lowest BCUT2D eigenvalue weighted by atomic mass is 10.0. The van der Waals surface area contributed by atoms with Gasteiger partial charge in [0, 0.05) is 12.1 Å². The van der Waals surface area contributed by atoms with E-state index in [4.69, 9.17) is 0 Å². The van der Waals surface area contributed by atoms with Crippen LogP contribution < -0.4 is 5.43 Å². The molecule has 1 unspecified atom stereocenters. The summed E-state index contributed by atoms with van der Waals surface area (Å²) in [5.74, 6) is -0.0853. The summed E-state index contributed by atoms with van der Waals surface area (Å²) in [6.45, 7) is 0.624. The van der Waals surface area contributed by atoms with Crippen molar-refractivity contribution in [3.05, 3.63) is 71.3 Å². The van der Waals surface area contributed by atoms with Crippen LogP contribution in [0.15, 0.2) is 59.7 Å². The third-order valence-corrected chi connectivity index (χ3v) is 4.15. The number of benzene rings is 2. The summed E-state index contributed by atoms with van der Waals surface area (Å²) >= 11 is 4.49. The minimum Gasteiger partial charge on any atom is -0.478 e. The van der Waals surface area contributed by atoms with Crippen LogP contribution in [0.25, 0.3) is 0 Å². The smallest absolute Gasteiger partial charge is 0.335 e. The first-order valence-electron chi connectivity index (χ1n) is 7.31. The van der Waals surface area contributed by atoms with Gasteiger partial charge in [0.25, 0.3) is 0 Å². The SMILES string of the molecule is O=C(O)c1ccccc1CCN1C(c2ccccc2)=NNC1S. The first kappa shape index (κ1) is 15.4. The summed E-state index contributed by atoms with van der Waals surface area (Å²) in [6, 6.07) is 16.9. The summed E-state index contributed by atoms with van der Waals surface area (Å²) in [7, 11) is 0. The van der Waals surface area contributed by atoms with Gasteiger partial charge in [-0.3, -0.25) is 5.43 Å². The maximum atomic E-state index is 11.3. The zero-order valence-electron chi connectivity index (χ0n) is 12.4. The highest BCUT2D eigenvalue weighted by atomic mass is 32.1. The van der Waals surface area contributed by atoms with Gasteiger partial charge in [0.1, 0.15) is 0 Å². The molecule has 118 valence electrons. The Morgan fingerprint density at radius 3 is 2.61 bits per heavy atom. The van der Waals surface area contributed by atoms with Crippen molar-refractivity contribution in [2.24, 2.45) is 5.10 Å². The number of hydrazone groups is 1. The Labute approximate surface area is 140 Å². The molecule has 3 rings (SSSR count). The van der Waals surface area contributed by atoms with Crippen molar-refractivity contribution in [3.63, 3.8) is 0 Å². The van der Waals surface area contributed by atoms with Crippen molar-refractivity contribution >= 4 is 24.4 Å². The van der Waals surface area contributed by atoms with Gasteiger partial charge in [-0.15, -0.1) is 12.6 Å². The van der Waals surface area contributed by atoms with E-state index in [0.29, 0.717) is 18.5 Å². The third-order valence-electron chi connectivity index (χ3n) is 3.76. The number of carbonyl (C=O) groups is 1. The lowest BCUT2D eigenvalue weighted by molar-refractivity contribution is 0.0695. The van der Waals surface area contributed by atoms with Gasteiger partial charge >= 0.3 is 5.97 Å². The minimum absolute atomic E-state index is 0.220. The van der Waals surface area contributed by atoms with Crippen LogP contribution >= 0.6 is 12.6 Å². The van der Waals surface area contributed by atoms with Crippen molar-refractivity contribution in [3.8, 4) is 0 Å². The van der Waals surface area contributed by atoms with E-state index in [9.17, 15) is 9.90 Å². The summed E-state index contributed by atoms with van der Waals surface area (Å²) in [5.41, 5.74) is 4.88. The van der Waals surface area contributed by atoms with Crippen LogP contribution in [0.5, 0.6) is 0 Å². The highest BCUT2D eigenvalue weighted by molar-refractivity contribution is 7.80. The van der Waals surface area contributed by atoms with Gasteiger partial charge in [-0.25, -0.2) is 4.79 Å². The second-order valence-electron chi connectivity index (χ2n) is 5.21. The minimum atomic E-state index is -0.903. The molecule has 0 aliphatic carbocycles. The third kappa shape index (κ3) is 3.32. The fourth-order valence-electron chi connectivity index (χ4n) is 2.60. The molecule has 2 N–H and O–H groups in total. The fourth-order valence-corrected chi connectivity index (χ4v) is 2.88. The first-order valence-corrected chi connectivity index (χ1v) is 7.83. The second-order valence-corrected chi connectivity index (χ2v) is 5.70. The summed E-state index contributed by atoms with van der Waals surface area (Å²) < 4.78 is 0. The van der Waals surface area contributed by atoms with Crippen molar-refractivity contribution < 1.29 is 9.90 Å². The molecular formula is C17H17N3O2S. The normalized spacial score (nSPS) is 16.8. The lowest BCUT2D eigenvalue weighted by Crippen LogP contribution is -2.38. The van der Waals surface area contributed by atoms with Gasteiger partial charge < -0.3 is 10.0 Å². The Kier molecular flexibility index (Phi) is 4.52. The molecule has 0 spiro atoms. The number of amidine groups is 1. The van der Waals surface area contributed by atoms with Crippen LogP contribution in [-0.4, -0.2) is 33.9 Å². The Bertz CT molecular complexity index is 734. The molecule has 2 aromatic rings. The van der Waals surface area contributed by atoms with E-state index in [-0.39, 0.29) is 5.50 Å². The zero-order chi connectivity index (χ0) is 16.2. The molecule has 0 saturated heterocycles. The molecule has 6 heteroatoms. The van der Waals surface area contributed by atoms with E-state index < -0.39 is 5.97 Å². The number of nitrogens with zero attached hydrogens (tertiary/aromatic N) is 2. The van der Waals surface area contributed by atoms with E-state index >= 15 is 0 Å². The summed E-state index contributed by atoms with van der Waals surface area (Å²) in [4.78, 5) is 13.3. The Balaban J connectivity index is 1.77. The highest BCUT2D eigenvalue weighted by Gasteiger charge is 2.25. The average molecular weight is 327 g/mol. The molecule has 1 aliphatic rings. The fraction of sp³-hybridized carbons (Fsp3) is 0.176. The van der Waals surface area contributed by atoms with Gasteiger partial charge in [-0.2, -0.15) is 5.10 Å². The molecule has 0 saturated carbocycles. The molecule has 1 heterocycles. The number of carboxylic acids is 1. The van der Waals surface area contributed by atoms with E-state index in [2.05, 4.69) is 23.2 Å². The molecule has 23 heavy (non-hydrogen) atoms. The molecule has 0 fully saturated rings. The highest BCUT2D eigenvalue weighted by Crippen LogP contribution is 2.18. The average Bonchev–Trinajstić information content (AvgIpc) is 2.94. The summed E-state index contributed by atoms with van der Waals surface area (Å²) in [5, 5.41) is 13.6. The molecule has 5 nitrogen and oxygen atoms in total. The lowest BCUT2D eigenvalue weighted by Gasteiger charge is -2.24. The monoisotopic (exact) mass is 327 g/mol. The van der Waals surface area contributed by atoms with Crippen LogP contribution in [0.4, 0.5) is 0 Å². The zero-order valence-corrected chi connectivity index (χ0v) is 13.3. The maximum Gasteiger partial charge on any atom is 0.335 e. The molecule has 0 aromatic heterocycles. The number of thiol groups is 1. The van der Waals surface area contributed by atoms with E-state index in [0.717, 1.165) is 17.0 Å². The van der Waals surface area contributed by atoms with E-state index in [1.165, 1.54) is 0 Å². The van der Waals surface area contributed by atoms with Crippen molar-refractivity contribution in [1.29, 1.82) is 0 Å². The van der Waals surface area contributed by atoms with Gasteiger partial charge in [0.15, 0.2) is 11.3 Å². The molecule has 0 bridgehead atoms. The topological polar surface area (TPSA) is 64.9 Å². The van der Waals surface area contributed by atoms with Gasteiger partial charge in [-0.1, -0.05) is 48.5 Å². The molecule has 0 radical (unpaired) electrons. The van der Waals surface area contributed by atoms with Gasteiger partial charge in [0.05, 0.1) is 5.56 Å². The van der Waals surface area contributed by atoms with Crippen molar-refractivity contribution in [2.75, 3.05) is 6.54 Å². The standard InChI is InChI=1S/C17H17N3O2S/c21-16(22)14-9-5-4-6-12(14)10-11-20-15(18-19-17(20)23)13-7-2-1-3-8-13/h1-9,17,19,23H,10-11H2,(H,21,22). The van der Waals surface area contributed by atoms with Crippen LogP contribution in [0.2, 0.25) is 0 Å². The summed E-state index contributed by atoms with van der Waals surface area (Å²) in [6.07, 6.45) is 0.604. The van der Waals surface area contributed by atoms with Crippen LogP contribution in [0, 0.1) is 0 Å². The van der Waals surface area contributed by atoms with E-state index in [1.54, 1.807) is 12.1 Å². The number of hydrogen-bond donors (Lipinski definition) is 3. The number of hydrogen-bond acceptors (Lipinski definition) is 5. The molecule has 2 aromatic carbocycles. The van der Waals surface area contributed by atoms with Gasteiger partial charge in [-0.05, 0) is 18.1 Å². The largest absolute Gasteiger partial charge is 0.478 e. The van der Waals surface area contributed by atoms with E-state index in [1.807, 2.05) is 47.4 Å². The number of carboxylic acid groups (broad SMARTS) is 1. The molecule has 0 amide bonds. The predicted octanol–water partition coefficient (Wildman–Crippen LogP) is 2.41. The maximum absolute atomic E-state index is 11.3. The van der Waals surface area contributed by atoms with Crippen molar-refractivity contribution in [2.45, 2.75) is 11.9 Å². The number of aromatic carboxylic acids is 1. The van der Waals surface area contributed by atoms with Crippen LogP contribution in [0.1, 0.15) is 21.5 Å². The molecular weight excluding hydrogens is 310 g/mol. The van der Waals surface area contributed by atoms with Crippen molar-refractivity contribution in [1.82, 2.24) is 10.3 Å². The Morgan fingerprint density at radius 2 is 1.87 bits per heavy atom. The van der Waals surface area contributed by atoms with Gasteiger partial charge in [0.2, 0.25) is 0 Å². The predicted molar refractivity (Wildman–Crippen MR) is 92.7 cm³/mol. The number of rotatable bonds is 5. The second kappa shape index (κ2) is 6.75. The number of nitrogens with one attached hydrogen (secondary N) is 1. The Hall–Kier alpha value is -2.47. The first-order chi connectivity index (χ1) is 11.2. The Morgan fingerprint density at radius 1 is 1.17 bits per heavy atom. The molecule has 1 atom stereocenters. The molecule has 1 aliphatic heterocycles. The van der Waals surface area contributed by atoms with Crippen LogP contribution in [0.3, 0.4) is 0 Å². The van der Waals surface area contributed by atoms with Crippen LogP contribution in [-0.2, 0) is 6.42 Å². The quantitative estimate of drug-likeness (QED) is 0.738.